The molecule has 3 aromatic rings. The Morgan fingerprint density at radius 3 is 2.56 bits per heavy atom. The third kappa shape index (κ3) is 5.71. The zero-order valence-corrected chi connectivity index (χ0v) is 20.4. The van der Waals surface area contributed by atoms with Crippen LogP contribution in [-0.4, -0.2) is 41.9 Å². The highest BCUT2D eigenvalue weighted by atomic mass is 79.9. The van der Waals surface area contributed by atoms with Gasteiger partial charge in [-0.3, -0.25) is 9.69 Å². The maximum absolute atomic E-state index is 13.1. The Labute approximate surface area is 202 Å². The van der Waals surface area contributed by atoms with E-state index in [1.807, 2.05) is 60.4 Å². The summed E-state index contributed by atoms with van der Waals surface area (Å²) in [5.74, 6) is 0.727. The highest BCUT2D eigenvalue weighted by Crippen LogP contribution is 2.26. The topological polar surface area (TPSA) is 32.8 Å². The number of hydrogen-bond acceptors (Lipinski definition) is 3. The van der Waals surface area contributed by atoms with Crippen LogP contribution in [0.15, 0.2) is 71.2 Å². The third-order valence-corrected chi connectivity index (χ3v) is 6.75. The molecule has 1 aliphatic rings. The number of amides is 1. The Kier molecular flexibility index (Phi) is 7.51. The smallest absolute Gasteiger partial charge is 0.253 e. The summed E-state index contributed by atoms with van der Waals surface area (Å²) in [6.07, 6.45) is 0. The molecule has 0 radical (unpaired) electrons. The first-order valence-corrected chi connectivity index (χ1v) is 11.9. The van der Waals surface area contributed by atoms with Gasteiger partial charge in [0.15, 0.2) is 0 Å². The first kappa shape index (κ1) is 22.8. The number of piperazine rings is 1. The van der Waals surface area contributed by atoms with Crippen molar-refractivity contribution in [1.29, 1.82) is 0 Å². The summed E-state index contributed by atoms with van der Waals surface area (Å²) >= 11 is 9.85. The van der Waals surface area contributed by atoms with Crippen LogP contribution in [0, 0.1) is 6.92 Å². The van der Waals surface area contributed by atoms with Crippen LogP contribution in [-0.2, 0) is 13.2 Å². The van der Waals surface area contributed by atoms with Gasteiger partial charge in [0.1, 0.15) is 12.4 Å². The number of ether oxygens (including phenoxy) is 1. The molecule has 4 nitrogen and oxygen atoms in total. The van der Waals surface area contributed by atoms with Gasteiger partial charge in [-0.15, -0.1) is 0 Å². The molecule has 166 valence electrons. The van der Waals surface area contributed by atoms with Gasteiger partial charge in [0.25, 0.3) is 5.91 Å². The van der Waals surface area contributed by atoms with Gasteiger partial charge in [-0.25, -0.2) is 0 Å². The maximum Gasteiger partial charge on any atom is 0.253 e. The molecule has 0 spiro atoms. The van der Waals surface area contributed by atoms with Crippen LogP contribution in [0.1, 0.15) is 27.0 Å². The predicted molar refractivity (Wildman–Crippen MR) is 132 cm³/mol. The molecular weight excluding hydrogens is 488 g/mol. The Balaban J connectivity index is 1.34. The number of benzene rings is 3. The van der Waals surface area contributed by atoms with Gasteiger partial charge in [0.05, 0.1) is 5.02 Å². The van der Waals surface area contributed by atoms with Crippen molar-refractivity contribution >= 4 is 33.4 Å². The van der Waals surface area contributed by atoms with Crippen LogP contribution in [0.5, 0.6) is 5.75 Å². The summed E-state index contributed by atoms with van der Waals surface area (Å²) in [6, 6.07) is 21.7. The fourth-order valence-electron chi connectivity index (χ4n) is 3.84. The maximum atomic E-state index is 13.1. The number of rotatable bonds is 6. The molecule has 4 rings (SSSR count). The Morgan fingerprint density at radius 1 is 1.00 bits per heavy atom. The summed E-state index contributed by atoms with van der Waals surface area (Å²) in [6.45, 7) is 6.43. The molecule has 0 bridgehead atoms. The molecule has 0 unspecified atom stereocenters. The van der Waals surface area contributed by atoms with Gasteiger partial charge in [-0.2, -0.15) is 0 Å². The van der Waals surface area contributed by atoms with Crippen molar-refractivity contribution in [3.8, 4) is 5.75 Å². The van der Waals surface area contributed by atoms with Crippen LogP contribution in [0.3, 0.4) is 0 Å². The van der Waals surface area contributed by atoms with Crippen LogP contribution in [0.2, 0.25) is 5.02 Å². The molecule has 0 saturated carbocycles. The molecule has 1 fully saturated rings. The summed E-state index contributed by atoms with van der Waals surface area (Å²) in [5.41, 5.74) is 4.00. The van der Waals surface area contributed by atoms with Crippen molar-refractivity contribution < 1.29 is 9.53 Å². The molecule has 0 N–H and O–H groups in total. The highest BCUT2D eigenvalue weighted by Gasteiger charge is 2.22. The molecule has 0 aromatic heterocycles. The highest BCUT2D eigenvalue weighted by molar-refractivity contribution is 9.10. The molecule has 32 heavy (non-hydrogen) atoms. The molecule has 6 heteroatoms. The fourth-order valence-corrected chi connectivity index (χ4v) is 4.42. The minimum absolute atomic E-state index is 0.0704. The quantitative estimate of drug-likeness (QED) is 0.408. The van der Waals surface area contributed by atoms with Gasteiger partial charge in [0, 0.05) is 42.8 Å². The van der Waals surface area contributed by atoms with E-state index in [1.165, 1.54) is 5.56 Å². The second-order valence-corrected chi connectivity index (χ2v) is 9.34. The summed E-state index contributed by atoms with van der Waals surface area (Å²) in [7, 11) is 0. The standard InChI is InChI=1S/C26H26BrClN2O2/c1-19-9-10-24(28)25(15-19)32-18-20-5-4-7-21(16-20)26(31)30-13-11-29(12-14-30)17-22-6-2-3-8-23(22)27/h2-10,15-16H,11-14,17-18H2,1H3. The van der Waals surface area contributed by atoms with Gasteiger partial charge in [-0.05, 0) is 53.9 Å². The van der Waals surface area contributed by atoms with E-state index in [1.54, 1.807) is 0 Å². The summed E-state index contributed by atoms with van der Waals surface area (Å²) < 4.78 is 7.03. The van der Waals surface area contributed by atoms with E-state index in [2.05, 4.69) is 39.0 Å². The monoisotopic (exact) mass is 512 g/mol. The Bertz CT molecular complexity index is 1100. The predicted octanol–water partition coefficient (Wildman–Crippen LogP) is 5.95. The lowest BCUT2D eigenvalue weighted by atomic mass is 10.1. The summed E-state index contributed by atoms with van der Waals surface area (Å²) in [4.78, 5) is 17.4. The number of carbonyl (C=O) groups excluding carboxylic acids is 1. The third-order valence-electron chi connectivity index (χ3n) is 5.67. The lowest BCUT2D eigenvalue weighted by molar-refractivity contribution is 0.0628. The van der Waals surface area contributed by atoms with E-state index in [-0.39, 0.29) is 5.91 Å². The number of nitrogens with zero attached hydrogens (tertiary/aromatic N) is 2. The second-order valence-electron chi connectivity index (χ2n) is 8.08. The SMILES string of the molecule is Cc1ccc(Cl)c(OCc2cccc(C(=O)N3CCN(Cc4ccccc4Br)CC3)c2)c1. The van der Waals surface area contributed by atoms with Gasteiger partial charge >= 0.3 is 0 Å². The second kappa shape index (κ2) is 10.5. The van der Waals surface area contributed by atoms with Crippen molar-refractivity contribution in [2.45, 2.75) is 20.1 Å². The van der Waals surface area contributed by atoms with Crippen molar-refractivity contribution in [2.24, 2.45) is 0 Å². The molecular formula is C26H26BrClN2O2. The van der Waals surface area contributed by atoms with Gasteiger partial charge in [0.2, 0.25) is 0 Å². The number of carbonyl (C=O) groups is 1. The van der Waals surface area contributed by atoms with Gasteiger partial charge < -0.3 is 9.64 Å². The average molecular weight is 514 g/mol. The van der Waals surface area contributed by atoms with Gasteiger partial charge in [-0.1, -0.05) is 63.9 Å². The molecule has 1 aliphatic heterocycles. The molecule has 0 atom stereocenters. The van der Waals surface area contributed by atoms with Crippen molar-refractivity contribution in [2.75, 3.05) is 26.2 Å². The van der Waals surface area contributed by atoms with Crippen LogP contribution in [0.25, 0.3) is 0 Å². The largest absolute Gasteiger partial charge is 0.487 e. The van der Waals surface area contributed by atoms with Crippen LogP contribution < -0.4 is 4.74 Å². The van der Waals surface area contributed by atoms with E-state index in [0.717, 1.165) is 48.3 Å². The molecule has 1 amide bonds. The lowest BCUT2D eigenvalue weighted by Gasteiger charge is -2.35. The minimum atomic E-state index is 0.0704. The first-order valence-electron chi connectivity index (χ1n) is 10.7. The van der Waals surface area contributed by atoms with E-state index >= 15 is 0 Å². The number of aryl methyl sites for hydroxylation is 1. The molecule has 1 saturated heterocycles. The zero-order valence-electron chi connectivity index (χ0n) is 18.1. The van der Waals surface area contributed by atoms with E-state index in [4.69, 9.17) is 16.3 Å². The van der Waals surface area contributed by atoms with E-state index in [0.29, 0.717) is 22.9 Å². The number of hydrogen-bond donors (Lipinski definition) is 0. The minimum Gasteiger partial charge on any atom is -0.487 e. The van der Waals surface area contributed by atoms with Crippen LogP contribution >= 0.6 is 27.5 Å². The number of halogens is 2. The molecule has 1 heterocycles. The molecule has 0 aliphatic carbocycles. The van der Waals surface area contributed by atoms with E-state index in [9.17, 15) is 4.79 Å². The normalized spacial score (nSPS) is 14.4. The van der Waals surface area contributed by atoms with Crippen molar-refractivity contribution in [1.82, 2.24) is 9.80 Å². The van der Waals surface area contributed by atoms with Crippen LogP contribution in [0.4, 0.5) is 0 Å². The fraction of sp³-hybridized carbons (Fsp3) is 0.269. The van der Waals surface area contributed by atoms with E-state index < -0.39 is 0 Å². The zero-order chi connectivity index (χ0) is 22.5. The Hall–Kier alpha value is -2.34. The molecule has 3 aromatic carbocycles. The van der Waals surface area contributed by atoms with Crippen molar-refractivity contribution in [3.63, 3.8) is 0 Å². The lowest BCUT2D eigenvalue weighted by Crippen LogP contribution is -2.48. The van der Waals surface area contributed by atoms with Crippen molar-refractivity contribution in [3.05, 3.63) is 98.5 Å². The summed E-state index contributed by atoms with van der Waals surface area (Å²) in [5, 5.41) is 0.586. The average Bonchev–Trinajstić information content (AvgIpc) is 2.81. The first-order chi connectivity index (χ1) is 15.5. The Morgan fingerprint density at radius 2 is 1.78 bits per heavy atom.